The molecule has 2 rings (SSSR count). The number of phenols is 2. The molecule has 0 amide bonds. The van der Waals surface area contributed by atoms with Crippen LogP contribution in [-0.4, -0.2) is 10.2 Å². The quantitative estimate of drug-likeness (QED) is 0.424. The van der Waals surface area contributed by atoms with Crippen molar-refractivity contribution in [2.75, 3.05) is 11.5 Å². The fraction of sp³-hybridized carbons (Fsp3) is 0.143. The first-order valence-corrected chi connectivity index (χ1v) is 5.51. The molecule has 4 heteroatoms. The highest BCUT2D eigenvalue weighted by Crippen LogP contribution is 2.20. The second-order valence-corrected chi connectivity index (χ2v) is 4.04. The van der Waals surface area contributed by atoms with Gasteiger partial charge in [-0.2, -0.15) is 0 Å². The molecule has 6 N–H and O–H groups in total. The van der Waals surface area contributed by atoms with Crippen molar-refractivity contribution in [2.24, 2.45) is 0 Å². The lowest BCUT2D eigenvalue weighted by Crippen LogP contribution is -1.87. The molecule has 2 aromatic carbocycles. The summed E-state index contributed by atoms with van der Waals surface area (Å²) in [4.78, 5) is 0. The van der Waals surface area contributed by atoms with E-state index < -0.39 is 0 Å². The van der Waals surface area contributed by atoms with E-state index in [1.165, 1.54) is 0 Å². The van der Waals surface area contributed by atoms with Crippen LogP contribution in [0.4, 0.5) is 11.4 Å². The fourth-order valence-corrected chi connectivity index (χ4v) is 1.32. The van der Waals surface area contributed by atoms with E-state index in [0.717, 1.165) is 11.1 Å². The largest absolute Gasteiger partial charge is 0.508 e. The highest BCUT2D eigenvalue weighted by atomic mass is 16.3. The maximum Gasteiger partial charge on any atom is 0.120 e. The Morgan fingerprint density at radius 3 is 2.00 bits per heavy atom. The topological polar surface area (TPSA) is 92.5 Å². The third kappa shape index (κ3) is 3.59. The molecule has 4 nitrogen and oxygen atoms in total. The van der Waals surface area contributed by atoms with E-state index in [9.17, 15) is 0 Å². The van der Waals surface area contributed by atoms with E-state index >= 15 is 0 Å². The van der Waals surface area contributed by atoms with E-state index in [2.05, 4.69) is 0 Å². The first kappa shape index (κ1) is 13.7. The van der Waals surface area contributed by atoms with Crippen molar-refractivity contribution in [2.45, 2.75) is 13.8 Å². The summed E-state index contributed by atoms with van der Waals surface area (Å²) in [5, 5.41) is 18.0. The summed E-state index contributed by atoms with van der Waals surface area (Å²) in [6.45, 7) is 3.59. The SMILES string of the molecule is Cc1c(N)cccc1O.Cc1cc(N)ccc1O. The number of hydrogen-bond acceptors (Lipinski definition) is 4. The van der Waals surface area contributed by atoms with Crippen LogP contribution in [0.3, 0.4) is 0 Å². The number of hydrogen-bond donors (Lipinski definition) is 4. The zero-order valence-electron chi connectivity index (χ0n) is 10.5. The van der Waals surface area contributed by atoms with Gasteiger partial charge in [0.15, 0.2) is 0 Å². The molecule has 0 spiro atoms. The van der Waals surface area contributed by atoms with Gasteiger partial charge in [-0.05, 0) is 49.7 Å². The molecule has 0 radical (unpaired) electrons. The lowest BCUT2D eigenvalue weighted by Gasteiger charge is -1.99. The highest BCUT2D eigenvalue weighted by Gasteiger charge is 1.95. The Hall–Kier alpha value is -2.36. The van der Waals surface area contributed by atoms with Gasteiger partial charge >= 0.3 is 0 Å². The Morgan fingerprint density at radius 1 is 0.889 bits per heavy atom. The molecule has 0 aliphatic carbocycles. The number of rotatable bonds is 0. The predicted molar refractivity (Wildman–Crippen MR) is 74.5 cm³/mol. The molecule has 96 valence electrons. The minimum atomic E-state index is 0.259. The van der Waals surface area contributed by atoms with Gasteiger partial charge in [0.1, 0.15) is 11.5 Å². The summed E-state index contributed by atoms with van der Waals surface area (Å²) in [7, 11) is 0. The molecule has 0 aliphatic heterocycles. The summed E-state index contributed by atoms with van der Waals surface area (Å²) < 4.78 is 0. The van der Waals surface area contributed by atoms with Gasteiger partial charge < -0.3 is 21.7 Å². The van der Waals surface area contributed by atoms with Crippen molar-refractivity contribution in [3.05, 3.63) is 47.5 Å². The lowest BCUT2D eigenvalue weighted by molar-refractivity contribution is 0.471. The van der Waals surface area contributed by atoms with E-state index in [0.29, 0.717) is 17.1 Å². The monoisotopic (exact) mass is 246 g/mol. The molecule has 0 aromatic heterocycles. The molecule has 0 unspecified atom stereocenters. The summed E-state index contributed by atoms with van der Waals surface area (Å²) in [5.41, 5.74) is 13.8. The molecule has 0 fully saturated rings. The van der Waals surface area contributed by atoms with Crippen LogP contribution in [0.15, 0.2) is 36.4 Å². The average Bonchev–Trinajstić information content (AvgIpc) is 2.32. The normalized spacial score (nSPS) is 9.44. The number of aryl methyl sites for hydroxylation is 1. The van der Waals surface area contributed by atoms with Crippen molar-refractivity contribution in [3.8, 4) is 11.5 Å². The van der Waals surface area contributed by atoms with E-state index in [-0.39, 0.29) is 5.75 Å². The molecular weight excluding hydrogens is 228 g/mol. The highest BCUT2D eigenvalue weighted by molar-refractivity contribution is 5.52. The van der Waals surface area contributed by atoms with Crippen molar-refractivity contribution >= 4 is 11.4 Å². The van der Waals surface area contributed by atoms with Gasteiger partial charge in [-0.25, -0.2) is 0 Å². The van der Waals surface area contributed by atoms with Gasteiger partial charge in [0.05, 0.1) is 0 Å². The second kappa shape index (κ2) is 5.82. The predicted octanol–water partition coefficient (Wildman–Crippen LogP) is 2.57. The van der Waals surface area contributed by atoms with Crippen molar-refractivity contribution in [1.82, 2.24) is 0 Å². The molecule has 0 saturated carbocycles. The fourth-order valence-electron chi connectivity index (χ4n) is 1.32. The Balaban J connectivity index is 0.000000180. The van der Waals surface area contributed by atoms with Gasteiger partial charge in [0.25, 0.3) is 0 Å². The molecule has 0 aliphatic rings. The first-order valence-electron chi connectivity index (χ1n) is 5.51. The van der Waals surface area contributed by atoms with E-state index in [1.807, 2.05) is 6.92 Å². The van der Waals surface area contributed by atoms with Gasteiger partial charge in [-0.1, -0.05) is 6.07 Å². The maximum atomic E-state index is 9.02. The van der Waals surface area contributed by atoms with Gasteiger partial charge in [-0.3, -0.25) is 0 Å². The molecule has 2 aromatic rings. The Kier molecular flexibility index (Phi) is 4.43. The minimum absolute atomic E-state index is 0.259. The van der Waals surface area contributed by atoms with E-state index in [4.69, 9.17) is 21.7 Å². The molecule has 0 bridgehead atoms. The molecule has 0 saturated heterocycles. The molecule has 0 heterocycles. The standard InChI is InChI=1S/2C7H9NO/c1-5-4-6(8)2-3-7(5)9;1-5-6(8)3-2-4-7(5)9/h2*2-4,9H,8H2,1H3. The van der Waals surface area contributed by atoms with Gasteiger partial charge in [0.2, 0.25) is 0 Å². The molecular formula is C14H18N2O2. The lowest BCUT2D eigenvalue weighted by atomic mass is 10.2. The Bertz CT molecular complexity index is 519. The Morgan fingerprint density at radius 2 is 1.56 bits per heavy atom. The number of aromatic hydroxyl groups is 2. The minimum Gasteiger partial charge on any atom is -0.508 e. The van der Waals surface area contributed by atoms with Crippen LogP contribution in [0.2, 0.25) is 0 Å². The van der Waals surface area contributed by atoms with Crippen LogP contribution in [0.1, 0.15) is 11.1 Å². The number of nitrogens with two attached hydrogens (primary N) is 2. The van der Waals surface area contributed by atoms with Crippen LogP contribution in [0.5, 0.6) is 11.5 Å². The molecule has 18 heavy (non-hydrogen) atoms. The summed E-state index contributed by atoms with van der Waals surface area (Å²) in [5.74, 6) is 0.555. The van der Waals surface area contributed by atoms with E-state index in [1.54, 1.807) is 43.3 Å². The number of anilines is 2. The van der Waals surface area contributed by atoms with Crippen LogP contribution in [-0.2, 0) is 0 Å². The zero-order chi connectivity index (χ0) is 13.7. The zero-order valence-corrected chi connectivity index (χ0v) is 10.5. The third-order valence-electron chi connectivity index (χ3n) is 2.57. The summed E-state index contributed by atoms with van der Waals surface area (Å²) in [6, 6.07) is 10.1. The second-order valence-electron chi connectivity index (χ2n) is 4.04. The summed E-state index contributed by atoms with van der Waals surface area (Å²) >= 11 is 0. The first-order chi connectivity index (χ1) is 8.41. The Labute approximate surface area is 106 Å². The average molecular weight is 246 g/mol. The van der Waals surface area contributed by atoms with Crippen LogP contribution < -0.4 is 11.5 Å². The van der Waals surface area contributed by atoms with Gasteiger partial charge in [-0.15, -0.1) is 0 Å². The van der Waals surface area contributed by atoms with Crippen LogP contribution >= 0.6 is 0 Å². The third-order valence-corrected chi connectivity index (χ3v) is 2.57. The van der Waals surface area contributed by atoms with Crippen LogP contribution in [0.25, 0.3) is 0 Å². The maximum absolute atomic E-state index is 9.02. The van der Waals surface area contributed by atoms with Crippen molar-refractivity contribution < 1.29 is 10.2 Å². The number of benzene rings is 2. The van der Waals surface area contributed by atoms with Crippen molar-refractivity contribution in [3.63, 3.8) is 0 Å². The van der Waals surface area contributed by atoms with Crippen molar-refractivity contribution in [1.29, 1.82) is 0 Å². The van der Waals surface area contributed by atoms with Crippen LogP contribution in [0, 0.1) is 13.8 Å². The smallest absolute Gasteiger partial charge is 0.120 e. The number of phenolic OH excluding ortho intramolecular Hbond substituents is 2. The summed E-state index contributed by atoms with van der Waals surface area (Å²) in [6.07, 6.45) is 0. The van der Waals surface area contributed by atoms with Gasteiger partial charge in [0, 0.05) is 16.9 Å². The number of nitrogen functional groups attached to an aromatic ring is 2. The molecule has 0 atom stereocenters.